The van der Waals surface area contributed by atoms with Gasteiger partial charge < -0.3 is 26.6 Å². The predicted octanol–water partition coefficient (Wildman–Crippen LogP) is -2.35. The SMILES string of the molecule is CC(C)C(N)C(=O)NCC(=O)NC(CO)C(=O)O. The number of aliphatic carboxylic acids is 1. The second kappa shape index (κ2) is 7.62. The monoisotopic (exact) mass is 261 g/mol. The van der Waals surface area contributed by atoms with Crippen molar-refractivity contribution in [2.75, 3.05) is 13.2 Å². The lowest BCUT2D eigenvalue weighted by Gasteiger charge is -2.16. The summed E-state index contributed by atoms with van der Waals surface area (Å²) < 4.78 is 0. The first kappa shape index (κ1) is 16.3. The van der Waals surface area contributed by atoms with Crippen LogP contribution >= 0.6 is 0 Å². The smallest absolute Gasteiger partial charge is 0.328 e. The maximum atomic E-state index is 11.4. The van der Waals surface area contributed by atoms with E-state index >= 15 is 0 Å². The molecule has 0 rings (SSSR count). The third kappa shape index (κ3) is 5.60. The number of rotatable bonds is 7. The number of hydrogen-bond acceptors (Lipinski definition) is 5. The van der Waals surface area contributed by atoms with E-state index in [0.717, 1.165) is 0 Å². The third-order valence-electron chi connectivity index (χ3n) is 2.26. The summed E-state index contributed by atoms with van der Waals surface area (Å²) in [5, 5.41) is 21.6. The molecule has 6 N–H and O–H groups in total. The predicted molar refractivity (Wildman–Crippen MR) is 62.5 cm³/mol. The van der Waals surface area contributed by atoms with Gasteiger partial charge >= 0.3 is 5.97 Å². The first-order valence-corrected chi connectivity index (χ1v) is 5.45. The van der Waals surface area contributed by atoms with Crippen LogP contribution in [0.1, 0.15) is 13.8 Å². The van der Waals surface area contributed by atoms with E-state index in [9.17, 15) is 14.4 Å². The van der Waals surface area contributed by atoms with Gasteiger partial charge in [-0.2, -0.15) is 0 Å². The first-order chi connectivity index (χ1) is 8.29. The minimum Gasteiger partial charge on any atom is -0.480 e. The molecule has 0 aromatic heterocycles. The summed E-state index contributed by atoms with van der Waals surface area (Å²) in [6.45, 7) is 2.41. The van der Waals surface area contributed by atoms with Crippen LogP contribution in [-0.4, -0.2) is 53.2 Å². The molecule has 0 aliphatic carbocycles. The Labute approximate surface area is 105 Å². The van der Waals surface area contributed by atoms with Crippen LogP contribution in [-0.2, 0) is 14.4 Å². The zero-order chi connectivity index (χ0) is 14.3. The molecular formula is C10H19N3O5. The molecule has 104 valence electrons. The van der Waals surface area contributed by atoms with Gasteiger partial charge in [-0.05, 0) is 5.92 Å². The molecule has 2 atom stereocenters. The fraction of sp³-hybridized carbons (Fsp3) is 0.700. The van der Waals surface area contributed by atoms with Crippen molar-refractivity contribution < 1.29 is 24.6 Å². The summed E-state index contributed by atoms with van der Waals surface area (Å²) in [6.07, 6.45) is 0. The van der Waals surface area contributed by atoms with Gasteiger partial charge in [0.1, 0.15) is 6.04 Å². The lowest BCUT2D eigenvalue weighted by Crippen LogP contribution is -2.50. The topological polar surface area (TPSA) is 142 Å². The fourth-order valence-corrected chi connectivity index (χ4v) is 1.02. The lowest BCUT2D eigenvalue weighted by molar-refractivity contribution is -0.142. The van der Waals surface area contributed by atoms with Crippen molar-refractivity contribution in [2.45, 2.75) is 25.9 Å². The average molecular weight is 261 g/mol. The molecule has 2 unspecified atom stereocenters. The number of aliphatic hydroxyl groups is 1. The molecule has 0 aliphatic heterocycles. The molecule has 8 nitrogen and oxygen atoms in total. The molecule has 0 aromatic rings. The quantitative estimate of drug-likeness (QED) is 0.347. The number of amides is 2. The summed E-state index contributed by atoms with van der Waals surface area (Å²) in [5.41, 5.74) is 5.54. The number of aliphatic hydroxyl groups excluding tert-OH is 1. The zero-order valence-corrected chi connectivity index (χ0v) is 10.3. The molecule has 8 heteroatoms. The summed E-state index contributed by atoms with van der Waals surface area (Å²) in [7, 11) is 0. The molecule has 0 bridgehead atoms. The Morgan fingerprint density at radius 1 is 1.28 bits per heavy atom. The summed E-state index contributed by atoms with van der Waals surface area (Å²) in [4.78, 5) is 33.2. The Kier molecular flexibility index (Phi) is 6.91. The highest BCUT2D eigenvalue weighted by molar-refractivity contribution is 5.89. The van der Waals surface area contributed by atoms with E-state index in [1.54, 1.807) is 13.8 Å². The Balaban J connectivity index is 4.11. The van der Waals surface area contributed by atoms with E-state index in [1.807, 2.05) is 5.32 Å². The maximum Gasteiger partial charge on any atom is 0.328 e. The maximum absolute atomic E-state index is 11.4. The normalized spacial score (nSPS) is 13.8. The van der Waals surface area contributed by atoms with Crippen molar-refractivity contribution in [1.29, 1.82) is 0 Å². The minimum atomic E-state index is -1.38. The largest absolute Gasteiger partial charge is 0.480 e. The highest BCUT2D eigenvalue weighted by Crippen LogP contribution is 1.97. The van der Waals surface area contributed by atoms with E-state index in [4.69, 9.17) is 15.9 Å². The summed E-state index contributed by atoms with van der Waals surface area (Å²) in [6, 6.07) is -2.11. The first-order valence-electron chi connectivity index (χ1n) is 5.45. The number of nitrogens with two attached hydrogens (primary N) is 1. The molecule has 0 saturated carbocycles. The Bertz CT molecular complexity index is 319. The Morgan fingerprint density at radius 3 is 2.22 bits per heavy atom. The summed E-state index contributed by atoms with van der Waals surface area (Å²) >= 11 is 0. The number of carbonyl (C=O) groups is 3. The van der Waals surface area contributed by atoms with Gasteiger partial charge in [0.15, 0.2) is 0 Å². The van der Waals surface area contributed by atoms with Crippen molar-refractivity contribution in [3.8, 4) is 0 Å². The molecule has 0 saturated heterocycles. The number of nitrogens with one attached hydrogen (secondary N) is 2. The molecular weight excluding hydrogens is 242 g/mol. The van der Waals surface area contributed by atoms with Crippen LogP contribution in [0, 0.1) is 5.92 Å². The van der Waals surface area contributed by atoms with Crippen molar-refractivity contribution in [3.63, 3.8) is 0 Å². The standard InChI is InChI=1S/C10H19N3O5/c1-5(2)8(11)9(16)12-3-7(15)13-6(4-14)10(17)18/h5-6,8,14H,3-4,11H2,1-2H3,(H,12,16)(H,13,15)(H,17,18). The van der Waals surface area contributed by atoms with Gasteiger partial charge in [0, 0.05) is 0 Å². The van der Waals surface area contributed by atoms with Crippen LogP contribution in [0.15, 0.2) is 0 Å². The summed E-state index contributed by atoms with van der Waals surface area (Å²) in [5.74, 6) is -2.62. The second-order valence-electron chi connectivity index (χ2n) is 4.13. The molecule has 0 fully saturated rings. The molecule has 0 aliphatic rings. The van der Waals surface area contributed by atoms with Crippen LogP contribution in [0.3, 0.4) is 0 Å². The highest BCUT2D eigenvalue weighted by Gasteiger charge is 2.20. The van der Waals surface area contributed by atoms with Crippen molar-refractivity contribution in [1.82, 2.24) is 10.6 Å². The molecule has 2 amide bonds. The van der Waals surface area contributed by atoms with Crippen LogP contribution in [0.25, 0.3) is 0 Å². The van der Waals surface area contributed by atoms with E-state index in [1.165, 1.54) is 0 Å². The number of carbonyl (C=O) groups excluding carboxylic acids is 2. The minimum absolute atomic E-state index is 0.0720. The second-order valence-corrected chi connectivity index (χ2v) is 4.13. The van der Waals surface area contributed by atoms with Crippen molar-refractivity contribution in [3.05, 3.63) is 0 Å². The lowest BCUT2D eigenvalue weighted by atomic mass is 10.1. The number of carboxylic acid groups (broad SMARTS) is 1. The van der Waals surface area contributed by atoms with Crippen molar-refractivity contribution in [2.24, 2.45) is 11.7 Å². The van der Waals surface area contributed by atoms with Crippen LogP contribution in [0.2, 0.25) is 0 Å². The van der Waals surface area contributed by atoms with E-state index in [0.29, 0.717) is 0 Å². The van der Waals surface area contributed by atoms with Gasteiger partial charge in [0.25, 0.3) is 0 Å². The van der Waals surface area contributed by atoms with Gasteiger partial charge in [-0.15, -0.1) is 0 Å². The van der Waals surface area contributed by atoms with Gasteiger partial charge in [-0.25, -0.2) is 4.79 Å². The molecule has 0 spiro atoms. The van der Waals surface area contributed by atoms with Gasteiger partial charge in [0.2, 0.25) is 11.8 Å². The van der Waals surface area contributed by atoms with Crippen LogP contribution in [0.4, 0.5) is 0 Å². The van der Waals surface area contributed by atoms with E-state index < -0.39 is 36.5 Å². The highest BCUT2D eigenvalue weighted by atomic mass is 16.4. The van der Waals surface area contributed by atoms with Gasteiger partial charge in [-0.3, -0.25) is 9.59 Å². The number of hydrogen-bond donors (Lipinski definition) is 5. The zero-order valence-electron chi connectivity index (χ0n) is 10.3. The number of carboxylic acids is 1. The van der Waals surface area contributed by atoms with E-state index in [2.05, 4.69) is 5.32 Å². The average Bonchev–Trinajstić information content (AvgIpc) is 2.31. The van der Waals surface area contributed by atoms with Gasteiger partial charge in [0.05, 0.1) is 19.2 Å². The van der Waals surface area contributed by atoms with Crippen molar-refractivity contribution >= 4 is 17.8 Å². The fourth-order valence-electron chi connectivity index (χ4n) is 1.02. The van der Waals surface area contributed by atoms with Crippen LogP contribution < -0.4 is 16.4 Å². The molecule has 0 radical (unpaired) electrons. The Hall–Kier alpha value is -1.67. The van der Waals surface area contributed by atoms with Gasteiger partial charge in [-0.1, -0.05) is 13.8 Å². The van der Waals surface area contributed by atoms with E-state index in [-0.39, 0.29) is 12.5 Å². The third-order valence-corrected chi connectivity index (χ3v) is 2.26. The molecule has 0 aromatic carbocycles. The Morgan fingerprint density at radius 2 is 1.83 bits per heavy atom. The molecule has 0 heterocycles. The molecule has 18 heavy (non-hydrogen) atoms. The van der Waals surface area contributed by atoms with Crippen LogP contribution in [0.5, 0.6) is 0 Å².